The predicted octanol–water partition coefficient (Wildman–Crippen LogP) is -0.315. The van der Waals surface area contributed by atoms with Crippen molar-refractivity contribution in [1.29, 1.82) is 0 Å². The van der Waals surface area contributed by atoms with E-state index in [2.05, 4.69) is 15.4 Å². The number of ketones is 1. The molecule has 0 fully saturated rings. The minimum absolute atomic E-state index is 0.135. The number of tetrazole rings is 1. The lowest BCUT2D eigenvalue weighted by Crippen LogP contribution is -2.07. The Balaban J connectivity index is 2.46. The number of aromatic nitrogens is 4. The van der Waals surface area contributed by atoms with Crippen molar-refractivity contribution in [3.8, 4) is 0 Å². The highest BCUT2D eigenvalue weighted by molar-refractivity contribution is 7.99. The Morgan fingerprint density at radius 1 is 1.67 bits per heavy atom. The molecular weight excluding hydrogens is 176 g/mol. The molecule has 12 heavy (non-hydrogen) atoms. The first kappa shape index (κ1) is 9.18. The molecule has 0 aliphatic carbocycles. The summed E-state index contributed by atoms with van der Waals surface area (Å²) < 4.78 is 0. The van der Waals surface area contributed by atoms with Gasteiger partial charge in [0.15, 0.2) is 5.82 Å². The molecule has 0 spiro atoms. The summed E-state index contributed by atoms with van der Waals surface area (Å²) in [5.74, 6) is 1.14. The molecule has 1 heterocycles. The SMILES string of the molecule is CSCC(=O)Cc1nnn(C)n1. The number of hydrogen-bond acceptors (Lipinski definition) is 5. The van der Waals surface area contributed by atoms with Gasteiger partial charge < -0.3 is 0 Å². The summed E-state index contributed by atoms with van der Waals surface area (Å²) in [7, 11) is 1.68. The zero-order valence-electron chi connectivity index (χ0n) is 7.02. The molecule has 0 aliphatic heterocycles. The normalized spacial score (nSPS) is 10.2. The molecule has 1 aromatic heterocycles. The molecule has 6 heteroatoms. The van der Waals surface area contributed by atoms with Gasteiger partial charge in [-0.2, -0.15) is 16.6 Å². The van der Waals surface area contributed by atoms with E-state index in [0.29, 0.717) is 11.6 Å². The molecule has 0 radical (unpaired) electrons. The molecule has 0 atom stereocenters. The molecule has 0 saturated heterocycles. The molecule has 0 bridgehead atoms. The number of thioether (sulfide) groups is 1. The summed E-state index contributed by atoms with van der Waals surface area (Å²) in [4.78, 5) is 12.4. The van der Waals surface area contributed by atoms with Crippen molar-refractivity contribution in [3.05, 3.63) is 5.82 Å². The molecule has 0 amide bonds. The minimum Gasteiger partial charge on any atom is -0.298 e. The van der Waals surface area contributed by atoms with Gasteiger partial charge in [0.05, 0.1) is 19.2 Å². The van der Waals surface area contributed by atoms with E-state index in [1.165, 1.54) is 16.6 Å². The summed E-state index contributed by atoms with van der Waals surface area (Å²) in [5, 5.41) is 11.2. The second-order valence-electron chi connectivity index (χ2n) is 2.34. The Kier molecular flexibility index (Phi) is 3.21. The highest BCUT2D eigenvalue weighted by atomic mass is 32.2. The van der Waals surface area contributed by atoms with Crippen molar-refractivity contribution in [2.75, 3.05) is 12.0 Å². The smallest absolute Gasteiger partial charge is 0.182 e. The Morgan fingerprint density at radius 2 is 2.42 bits per heavy atom. The largest absolute Gasteiger partial charge is 0.298 e. The van der Waals surface area contributed by atoms with Gasteiger partial charge in [-0.1, -0.05) is 0 Å². The van der Waals surface area contributed by atoms with Gasteiger partial charge in [0.1, 0.15) is 5.78 Å². The minimum atomic E-state index is 0.135. The Bertz CT molecular complexity index is 272. The number of aryl methyl sites for hydroxylation is 1. The summed E-state index contributed by atoms with van der Waals surface area (Å²) in [5.41, 5.74) is 0. The van der Waals surface area contributed by atoms with E-state index in [1.54, 1.807) is 7.05 Å². The zero-order chi connectivity index (χ0) is 8.97. The zero-order valence-corrected chi connectivity index (χ0v) is 7.84. The number of rotatable bonds is 4. The molecule has 0 unspecified atom stereocenters. The van der Waals surface area contributed by atoms with Crippen LogP contribution in [0.5, 0.6) is 0 Å². The first-order valence-corrected chi connectivity index (χ1v) is 4.85. The molecule has 66 valence electrons. The first-order valence-electron chi connectivity index (χ1n) is 3.46. The third-order valence-electron chi connectivity index (χ3n) is 1.21. The van der Waals surface area contributed by atoms with Crippen LogP contribution in [-0.2, 0) is 18.3 Å². The first-order chi connectivity index (χ1) is 5.72. The van der Waals surface area contributed by atoms with Gasteiger partial charge in [-0.15, -0.1) is 10.2 Å². The number of nitrogens with zero attached hydrogens (tertiary/aromatic N) is 4. The van der Waals surface area contributed by atoms with Gasteiger partial charge in [0.2, 0.25) is 0 Å². The van der Waals surface area contributed by atoms with Crippen molar-refractivity contribution >= 4 is 17.5 Å². The van der Waals surface area contributed by atoms with Crippen LogP contribution >= 0.6 is 11.8 Å². The van der Waals surface area contributed by atoms with Crippen LogP contribution in [-0.4, -0.2) is 38.0 Å². The van der Waals surface area contributed by atoms with Crippen molar-refractivity contribution < 1.29 is 4.79 Å². The maximum absolute atomic E-state index is 11.1. The molecule has 0 aromatic carbocycles. The number of carbonyl (C=O) groups is 1. The van der Waals surface area contributed by atoms with E-state index in [-0.39, 0.29) is 12.2 Å². The third kappa shape index (κ3) is 2.61. The van der Waals surface area contributed by atoms with Crippen LogP contribution in [0.4, 0.5) is 0 Å². The molecular formula is C6H10N4OS. The Morgan fingerprint density at radius 3 is 2.92 bits per heavy atom. The quantitative estimate of drug-likeness (QED) is 0.645. The van der Waals surface area contributed by atoms with E-state index in [9.17, 15) is 4.79 Å². The number of carbonyl (C=O) groups excluding carboxylic acids is 1. The topological polar surface area (TPSA) is 60.7 Å². The number of hydrogen-bond donors (Lipinski definition) is 0. The second kappa shape index (κ2) is 4.20. The summed E-state index contributed by atoms with van der Waals surface area (Å²) in [6.07, 6.45) is 2.18. The van der Waals surface area contributed by atoms with Gasteiger partial charge in [0, 0.05) is 0 Å². The van der Waals surface area contributed by atoms with Crippen LogP contribution in [0.2, 0.25) is 0 Å². The van der Waals surface area contributed by atoms with Crippen molar-refractivity contribution in [2.24, 2.45) is 7.05 Å². The average molecular weight is 186 g/mol. The van der Waals surface area contributed by atoms with Crippen LogP contribution in [0.3, 0.4) is 0 Å². The molecule has 0 aliphatic rings. The Labute approximate surface area is 74.5 Å². The van der Waals surface area contributed by atoms with Crippen LogP contribution in [0, 0.1) is 0 Å². The lowest BCUT2D eigenvalue weighted by Gasteiger charge is -1.91. The van der Waals surface area contributed by atoms with Gasteiger partial charge in [-0.3, -0.25) is 4.79 Å². The van der Waals surface area contributed by atoms with Crippen LogP contribution in [0.25, 0.3) is 0 Å². The fourth-order valence-corrected chi connectivity index (χ4v) is 1.21. The van der Waals surface area contributed by atoms with Crippen molar-refractivity contribution in [2.45, 2.75) is 6.42 Å². The molecule has 0 saturated carbocycles. The molecule has 5 nitrogen and oxygen atoms in total. The van der Waals surface area contributed by atoms with Gasteiger partial charge >= 0.3 is 0 Å². The van der Waals surface area contributed by atoms with E-state index in [4.69, 9.17) is 0 Å². The van der Waals surface area contributed by atoms with E-state index in [0.717, 1.165) is 0 Å². The monoisotopic (exact) mass is 186 g/mol. The predicted molar refractivity (Wildman–Crippen MR) is 45.9 cm³/mol. The fourth-order valence-electron chi connectivity index (χ4n) is 0.782. The molecule has 1 aromatic rings. The fraction of sp³-hybridized carbons (Fsp3) is 0.667. The highest BCUT2D eigenvalue weighted by Crippen LogP contribution is 1.96. The van der Waals surface area contributed by atoms with Crippen LogP contribution < -0.4 is 0 Å². The maximum atomic E-state index is 11.1. The summed E-state index contributed by atoms with van der Waals surface area (Å²) in [6, 6.07) is 0. The van der Waals surface area contributed by atoms with Crippen LogP contribution in [0.1, 0.15) is 5.82 Å². The van der Waals surface area contributed by atoms with E-state index in [1.807, 2.05) is 6.26 Å². The van der Waals surface area contributed by atoms with Crippen molar-refractivity contribution in [3.63, 3.8) is 0 Å². The third-order valence-corrected chi connectivity index (χ3v) is 1.82. The van der Waals surface area contributed by atoms with E-state index >= 15 is 0 Å². The van der Waals surface area contributed by atoms with Crippen LogP contribution in [0.15, 0.2) is 0 Å². The standard InChI is InChI=1S/C6H10N4OS/c1-10-8-6(7-9-10)3-5(11)4-12-2/h3-4H2,1-2H3. The molecule has 1 rings (SSSR count). The second-order valence-corrected chi connectivity index (χ2v) is 3.21. The van der Waals surface area contributed by atoms with Gasteiger partial charge in [0.25, 0.3) is 0 Å². The highest BCUT2D eigenvalue weighted by Gasteiger charge is 2.06. The van der Waals surface area contributed by atoms with Crippen molar-refractivity contribution in [1.82, 2.24) is 20.2 Å². The lowest BCUT2D eigenvalue weighted by atomic mass is 10.3. The maximum Gasteiger partial charge on any atom is 0.182 e. The van der Waals surface area contributed by atoms with Gasteiger partial charge in [-0.05, 0) is 11.5 Å². The average Bonchev–Trinajstić information content (AvgIpc) is 2.36. The van der Waals surface area contributed by atoms with Gasteiger partial charge in [-0.25, -0.2) is 0 Å². The molecule has 0 N–H and O–H groups in total. The lowest BCUT2D eigenvalue weighted by molar-refractivity contribution is -0.116. The van der Waals surface area contributed by atoms with E-state index < -0.39 is 0 Å². The number of Topliss-reactive ketones (excluding diaryl/α,β-unsaturated/α-hetero) is 1. The summed E-state index contributed by atoms with van der Waals surface area (Å²) >= 11 is 1.50. The summed E-state index contributed by atoms with van der Waals surface area (Å²) in [6.45, 7) is 0. The Hall–Kier alpha value is -0.910.